The molecular weight excluding hydrogens is 744 g/mol. The molecule has 15 atom stereocenters. The molecule has 0 aromatic carbocycles. The summed E-state index contributed by atoms with van der Waals surface area (Å²) in [5.74, 6) is -0.694. The number of unbranched alkanes of at least 4 members (excludes halogenated alkanes) is 5. The van der Waals surface area contributed by atoms with Gasteiger partial charge in [-0.15, -0.1) is 0 Å². The Balaban J connectivity index is 1.50. The summed E-state index contributed by atoms with van der Waals surface area (Å²) in [7, 11) is 0. The van der Waals surface area contributed by atoms with Gasteiger partial charge in [-0.25, -0.2) is 4.79 Å². The predicted octanol–water partition coefficient (Wildman–Crippen LogP) is -3.26. The number of aromatic amines is 1. The van der Waals surface area contributed by atoms with Crippen molar-refractivity contribution in [3.63, 3.8) is 0 Å². The molecule has 0 aliphatic carbocycles. The van der Waals surface area contributed by atoms with Crippen molar-refractivity contribution in [2.24, 2.45) is 5.92 Å². The third kappa shape index (κ3) is 11.7. The fourth-order valence-corrected chi connectivity index (χ4v) is 7.10. The average molecular weight is 803 g/mol. The maximum Gasteiger partial charge on any atom is 0.330 e. The van der Waals surface area contributed by atoms with Gasteiger partial charge in [0.2, 0.25) is 11.8 Å². The molecule has 3 aliphatic rings. The molecule has 0 bridgehead atoms. The number of hydrogen-bond acceptors (Lipinski definition) is 16. The molecule has 1 aromatic rings. The summed E-state index contributed by atoms with van der Waals surface area (Å²) in [4.78, 5) is 51.0. The van der Waals surface area contributed by atoms with Crippen molar-refractivity contribution in [3.05, 3.63) is 45.3 Å². The van der Waals surface area contributed by atoms with Gasteiger partial charge in [-0.1, -0.05) is 52.0 Å². The number of carbonyl (C=O) groups is 2. The minimum absolute atomic E-state index is 0.598. The molecule has 20 nitrogen and oxygen atoms in total. The molecule has 0 radical (unpaired) electrons. The lowest BCUT2D eigenvalue weighted by Crippen LogP contribution is -2.68. The van der Waals surface area contributed by atoms with Crippen LogP contribution in [0.4, 0.5) is 0 Å². The summed E-state index contributed by atoms with van der Waals surface area (Å²) < 4.78 is 24.1. The summed E-state index contributed by atoms with van der Waals surface area (Å²) in [5, 5.41) is 91.2. The molecule has 0 unspecified atom stereocenters. The van der Waals surface area contributed by atoms with E-state index >= 15 is 0 Å². The molecule has 0 spiro atoms. The number of hydrogen-bond donors (Lipinski definition) is 11. The second-order valence-electron chi connectivity index (χ2n) is 15.1. The maximum absolute atomic E-state index is 13.1. The first kappa shape index (κ1) is 45.6. The van der Waals surface area contributed by atoms with Gasteiger partial charge in [-0.2, -0.15) is 0 Å². The Hall–Kier alpha value is -3.12. The van der Waals surface area contributed by atoms with Crippen LogP contribution in [0.15, 0.2) is 34.0 Å². The summed E-state index contributed by atoms with van der Waals surface area (Å²) in [6.07, 6.45) is -11.5. The van der Waals surface area contributed by atoms with E-state index in [0.717, 1.165) is 55.9 Å². The highest BCUT2D eigenvalue weighted by molar-refractivity contribution is 5.87. The Labute approximate surface area is 323 Å². The predicted molar refractivity (Wildman–Crippen MR) is 193 cm³/mol. The van der Waals surface area contributed by atoms with Gasteiger partial charge in [-0.3, -0.25) is 23.9 Å². The van der Waals surface area contributed by atoms with Crippen molar-refractivity contribution in [1.29, 1.82) is 0 Å². The Morgan fingerprint density at radius 3 is 2.09 bits per heavy atom. The molecule has 4 rings (SSSR count). The zero-order chi connectivity index (χ0) is 41.3. The largest absolute Gasteiger partial charge is 0.394 e. The Morgan fingerprint density at radius 1 is 0.857 bits per heavy atom. The molecule has 11 N–H and O–H groups in total. The fourth-order valence-electron chi connectivity index (χ4n) is 7.10. The normalized spacial score (nSPS) is 35.5. The Kier molecular flexibility index (Phi) is 17.1. The van der Waals surface area contributed by atoms with E-state index in [-0.39, 0.29) is 0 Å². The first-order chi connectivity index (χ1) is 26.5. The molecule has 4 heterocycles. The Morgan fingerprint density at radius 2 is 1.46 bits per heavy atom. The van der Waals surface area contributed by atoms with Gasteiger partial charge in [0.1, 0.15) is 60.9 Å². The minimum Gasteiger partial charge on any atom is -0.394 e. The number of nitrogens with zero attached hydrogens (tertiary/aromatic N) is 1. The van der Waals surface area contributed by atoms with E-state index in [0.29, 0.717) is 12.3 Å². The van der Waals surface area contributed by atoms with Crippen LogP contribution in [0.1, 0.15) is 78.4 Å². The topological polar surface area (TPSA) is 312 Å². The standard InChI is InChI=1S/C36H58N4O16/c1-17(2)11-9-7-5-4-6-8-10-12-22(44)38-25-29(49)26(46)20(53-35(25)56-34-24(37-18(3)42)28(48)27(47)21(16-41)54-34)15-19(43)32-30(50)31(51)33(55-32)40-14-13-23(45)39-36(40)52/h10,12-14,17,19-21,24-35,41,43,46-51H,4-9,11,15-16H2,1-3H3,(H,37,42)(H,38,44)(H,39,45,52)/b12-10+/t19-,20-,21-,24-,25-,26+,27-,28-,29-,30+,31-,32-,33-,34-,35+/m0/s1. The summed E-state index contributed by atoms with van der Waals surface area (Å²) in [6, 6.07) is -2.01. The molecule has 3 aliphatic heterocycles. The van der Waals surface area contributed by atoms with Gasteiger partial charge in [0, 0.05) is 25.6 Å². The van der Waals surface area contributed by atoms with Crippen LogP contribution < -0.4 is 21.9 Å². The van der Waals surface area contributed by atoms with Crippen molar-refractivity contribution in [1.82, 2.24) is 20.2 Å². The Bertz CT molecular complexity index is 1560. The third-order valence-electron chi connectivity index (χ3n) is 10.2. The first-order valence-corrected chi connectivity index (χ1v) is 19.1. The van der Waals surface area contributed by atoms with Gasteiger partial charge >= 0.3 is 5.69 Å². The van der Waals surface area contributed by atoms with E-state index in [2.05, 4.69) is 24.5 Å². The van der Waals surface area contributed by atoms with Gasteiger partial charge in [0.15, 0.2) is 18.8 Å². The number of carbonyl (C=O) groups excluding carboxylic acids is 2. The monoisotopic (exact) mass is 802 g/mol. The van der Waals surface area contributed by atoms with E-state index < -0.39 is 128 Å². The molecule has 318 valence electrons. The minimum atomic E-state index is -1.85. The highest BCUT2D eigenvalue weighted by Gasteiger charge is 2.53. The first-order valence-electron chi connectivity index (χ1n) is 19.1. The average Bonchev–Trinajstić information content (AvgIpc) is 3.43. The molecule has 56 heavy (non-hydrogen) atoms. The summed E-state index contributed by atoms with van der Waals surface area (Å²) >= 11 is 0. The maximum atomic E-state index is 13.1. The van der Waals surface area contributed by atoms with Crippen molar-refractivity contribution >= 4 is 11.8 Å². The number of aliphatic hydroxyl groups is 8. The molecule has 3 fully saturated rings. The molecular formula is C36H58N4O16. The number of aliphatic hydroxyl groups excluding tert-OH is 8. The van der Waals surface area contributed by atoms with Crippen molar-refractivity contribution in [2.75, 3.05) is 6.61 Å². The second kappa shape index (κ2) is 21.0. The molecule has 1 aromatic heterocycles. The van der Waals surface area contributed by atoms with E-state index in [1.165, 1.54) is 12.5 Å². The SMILES string of the molecule is CC(=O)N[C@@H]1[C@H](O[C@H]2O[C@@H](C[C@H](O)[C@@H]3O[C@H](n4ccc(=O)[nH]c4=O)[C@@H](O)[C@H]3O)[C@@H](O)[C@@H](O)[C@@H]2NC(=O)/C=C/CCCCCCCC(C)C)O[C@@H](CO)[C@H](O)[C@H]1O. The summed E-state index contributed by atoms with van der Waals surface area (Å²) in [6.45, 7) is 4.72. The van der Waals surface area contributed by atoms with E-state index in [4.69, 9.17) is 18.9 Å². The second-order valence-corrected chi connectivity index (χ2v) is 15.1. The third-order valence-corrected chi connectivity index (χ3v) is 10.2. The van der Waals surface area contributed by atoms with E-state index in [9.17, 15) is 60.0 Å². The van der Waals surface area contributed by atoms with Crippen LogP contribution in [-0.4, -0.2) is 155 Å². The van der Waals surface area contributed by atoms with Gasteiger partial charge < -0.3 is 70.4 Å². The van der Waals surface area contributed by atoms with Crippen LogP contribution in [-0.2, 0) is 28.5 Å². The summed E-state index contributed by atoms with van der Waals surface area (Å²) in [5.41, 5.74) is -1.69. The van der Waals surface area contributed by atoms with E-state index in [1.54, 1.807) is 6.08 Å². The smallest absolute Gasteiger partial charge is 0.330 e. The highest BCUT2D eigenvalue weighted by atomic mass is 16.8. The zero-order valence-corrected chi connectivity index (χ0v) is 31.7. The lowest BCUT2D eigenvalue weighted by Gasteiger charge is -2.47. The van der Waals surface area contributed by atoms with E-state index in [1.807, 2.05) is 4.98 Å². The quantitative estimate of drug-likeness (QED) is 0.0513. The van der Waals surface area contributed by atoms with Gasteiger partial charge in [0.05, 0.1) is 18.8 Å². The van der Waals surface area contributed by atoms with Crippen molar-refractivity contribution < 1.29 is 69.4 Å². The van der Waals surface area contributed by atoms with Gasteiger partial charge in [0.25, 0.3) is 5.56 Å². The van der Waals surface area contributed by atoms with Crippen LogP contribution in [0.25, 0.3) is 0 Å². The van der Waals surface area contributed by atoms with Crippen LogP contribution in [0, 0.1) is 5.92 Å². The number of allylic oxidation sites excluding steroid dienone is 1. The van der Waals surface area contributed by atoms with Crippen LogP contribution in [0.2, 0.25) is 0 Å². The molecule has 2 amide bonds. The van der Waals surface area contributed by atoms with Crippen LogP contribution in [0.5, 0.6) is 0 Å². The number of ether oxygens (including phenoxy) is 4. The fraction of sp³-hybridized carbons (Fsp3) is 0.778. The number of rotatable bonds is 18. The number of aromatic nitrogens is 2. The lowest BCUT2D eigenvalue weighted by atomic mass is 9.91. The zero-order valence-electron chi connectivity index (χ0n) is 31.7. The lowest BCUT2D eigenvalue weighted by molar-refractivity contribution is -0.346. The molecule has 0 saturated carbocycles. The number of amides is 2. The number of nitrogens with one attached hydrogen (secondary N) is 3. The van der Waals surface area contributed by atoms with Gasteiger partial charge in [-0.05, 0) is 24.8 Å². The molecule has 3 saturated heterocycles. The van der Waals surface area contributed by atoms with Crippen LogP contribution >= 0.6 is 0 Å². The highest BCUT2D eigenvalue weighted by Crippen LogP contribution is 2.34. The van der Waals surface area contributed by atoms with Crippen molar-refractivity contribution in [3.8, 4) is 0 Å². The van der Waals surface area contributed by atoms with Crippen molar-refractivity contribution in [2.45, 2.75) is 164 Å². The van der Waals surface area contributed by atoms with Crippen LogP contribution in [0.3, 0.4) is 0 Å². The molecule has 20 heteroatoms. The number of H-pyrrole nitrogens is 1.